The highest BCUT2D eigenvalue weighted by Gasteiger charge is 2.57. The maximum atomic E-state index is 13.0. The lowest BCUT2D eigenvalue weighted by Crippen LogP contribution is -2.55. The second-order valence-corrected chi connectivity index (χ2v) is 9.68. The molecular weight excluding hydrogens is 372 g/mol. The molecule has 1 fully saturated rings. The molecule has 6 nitrogen and oxygen atoms in total. The van der Waals surface area contributed by atoms with Crippen LogP contribution in [-0.2, 0) is 9.59 Å². The summed E-state index contributed by atoms with van der Waals surface area (Å²) < 4.78 is -0.513. The molecular formula is C18H22N2O4S2. The van der Waals surface area contributed by atoms with Crippen LogP contribution in [0.2, 0.25) is 0 Å². The SMILES string of the molecule is CSCC[C@@H](NC(=O)[C@H]1N2C(=O)c3ccccc3[C@@H]2SC1(C)C)C(=O)O. The van der Waals surface area contributed by atoms with Crippen molar-refractivity contribution in [2.45, 2.75) is 42.5 Å². The summed E-state index contributed by atoms with van der Waals surface area (Å²) in [4.78, 5) is 39.0. The highest BCUT2D eigenvalue weighted by atomic mass is 32.2. The van der Waals surface area contributed by atoms with Crippen LogP contribution in [0.3, 0.4) is 0 Å². The second-order valence-electron chi connectivity index (χ2n) is 6.96. The fraction of sp³-hybridized carbons (Fsp3) is 0.500. The van der Waals surface area contributed by atoms with Crippen LogP contribution in [-0.4, -0.2) is 56.6 Å². The summed E-state index contributed by atoms with van der Waals surface area (Å²) in [5, 5.41) is 11.8. The summed E-state index contributed by atoms with van der Waals surface area (Å²) in [5.41, 5.74) is 1.54. The number of fused-ring (bicyclic) bond motifs is 3. The maximum absolute atomic E-state index is 13.0. The molecule has 26 heavy (non-hydrogen) atoms. The molecule has 0 saturated carbocycles. The third kappa shape index (κ3) is 3.20. The molecule has 8 heteroatoms. The minimum atomic E-state index is -1.05. The van der Waals surface area contributed by atoms with Gasteiger partial charge in [0.05, 0.1) is 0 Å². The molecule has 3 atom stereocenters. The quantitative estimate of drug-likeness (QED) is 0.770. The van der Waals surface area contributed by atoms with Gasteiger partial charge in [0.15, 0.2) is 0 Å². The van der Waals surface area contributed by atoms with Gasteiger partial charge in [0.25, 0.3) is 5.91 Å². The van der Waals surface area contributed by atoms with Gasteiger partial charge < -0.3 is 15.3 Å². The van der Waals surface area contributed by atoms with E-state index in [4.69, 9.17) is 0 Å². The van der Waals surface area contributed by atoms with Crippen molar-refractivity contribution in [3.8, 4) is 0 Å². The molecule has 3 rings (SSSR count). The number of carboxylic acids is 1. The molecule has 0 aliphatic carbocycles. The van der Waals surface area contributed by atoms with Gasteiger partial charge in [-0.15, -0.1) is 11.8 Å². The molecule has 0 spiro atoms. The highest BCUT2D eigenvalue weighted by Crippen LogP contribution is 2.56. The molecule has 2 heterocycles. The maximum Gasteiger partial charge on any atom is 0.326 e. The van der Waals surface area contributed by atoms with E-state index in [9.17, 15) is 19.5 Å². The van der Waals surface area contributed by atoms with Gasteiger partial charge in [-0.3, -0.25) is 9.59 Å². The lowest BCUT2D eigenvalue weighted by molar-refractivity contribution is -0.142. The fourth-order valence-electron chi connectivity index (χ4n) is 3.55. The van der Waals surface area contributed by atoms with Gasteiger partial charge >= 0.3 is 5.97 Å². The largest absolute Gasteiger partial charge is 0.480 e. The molecule has 1 saturated heterocycles. The summed E-state index contributed by atoms with van der Waals surface area (Å²) in [6.45, 7) is 3.85. The first-order valence-electron chi connectivity index (χ1n) is 8.39. The van der Waals surface area contributed by atoms with Crippen LogP contribution in [0.4, 0.5) is 0 Å². The summed E-state index contributed by atoms with van der Waals surface area (Å²) in [7, 11) is 0. The Hall–Kier alpha value is -1.67. The van der Waals surface area contributed by atoms with Crippen molar-refractivity contribution in [3.05, 3.63) is 35.4 Å². The third-order valence-electron chi connectivity index (χ3n) is 4.77. The molecule has 140 valence electrons. The topological polar surface area (TPSA) is 86.7 Å². The summed E-state index contributed by atoms with van der Waals surface area (Å²) in [5.74, 6) is -0.987. The van der Waals surface area contributed by atoms with Gasteiger partial charge in [0.2, 0.25) is 5.91 Å². The average Bonchev–Trinajstić information content (AvgIpc) is 3.01. The molecule has 1 aromatic rings. The number of rotatable bonds is 6. The van der Waals surface area contributed by atoms with Gasteiger partial charge in [0.1, 0.15) is 17.5 Å². The van der Waals surface area contributed by atoms with E-state index in [1.165, 1.54) is 11.8 Å². The number of hydrogen-bond acceptors (Lipinski definition) is 5. The third-order valence-corrected chi connectivity index (χ3v) is 6.95. The minimum Gasteiger partial charge on any atom is -0.480 e. The number of nitrogens with one attached hydrogen (secondary N) is 1. The van der Waals surface area contributed by atoms with Crippen LogP contribution >= 0.6 is 23.5 Å². The lowest BCUT2D eigenvalue weighted by atomic mass is 10.00. The molecule has 2 amide bonds. The first-order chi connectivity index (χ1) is 12.3. The first kappa shape index (κ1) is 19.1. The van der Waals surface area contributed by atoms with E-state index in [-0.39, 0.29) is 11.3 Å². The minimum absolute atomic E-state index is 0.167. The summed E-state index contributed by atoms with van der Waals surface area (Å²) in [6.07, 6.45) is 2.24. The molecule has 0 radical (unpaired) electrons. The van der Waals surface area contributed by atoms with E-state index in [0.717, 1.165) is 5.56 Å². The number of hydrogen-bond donors (Lipinski definition) is 2. The van der Waals surface area contributed by atoms with Crippen LogP contribution < -0.4 is 5.32 Å². The van der Waals surface area contributed by atoms with Crippen LogP contribution in [0, 0.1) is 0 Å². The Morgan fingerprint density at radius 3 is 2.73 bits per heavy atom. The van der Waals surface area contributed by atoms with Crippen molar-refractivity contribution in [1.29, 1.82) is 0 Å². The number of thioether (sulfide) groups is 2. The van der Waals surface area contributed by atoms with E-state index in [1.807, 2.05) is 38.3 Å². The number of benzene rings is 1. The zero-order valence-electron chi connectivity index (χ0n) is 14.9. The number of carboxylic acid groups (broad SMARTS) is 1. The number of amides is 2. The normalized spacial score (nSPS) is 24.1. The Bertz CT molecular complexity index is 752. The van der Waals surface area contributed by atoms with Gasteiger partial charge in [-0.05, 0) is 43.9 Å². The van der Waals surface area contributed by atoms with Crippen LogP contribution in [0.1, 0.15) is 41.6 Å². The predicted molar refractivity (Wildman–Crippen MR) is 103 cm³/mol. The van der Waals surface area contributed by atoms with E-state index < -0.39 is 28.7 Å². The Labute approximate surface area is 161 Å². The Morgan fingerprint density at radius 2 is 2.08 bits per heavy atom. The molecule has 2 aliphatic rings. The van der Waals surface area contributed by atoms with Gasteiger partial charge in [0, 0.05) is 10.3 Å². The van der Waals surface area contributed by atoms with Gasteiger partial charge in [-0.25, -0.2) is 4.79 Å². The summed E-state index contributed by atoms with van der Waals surface area (Å²) in [6, 6.07) is 5.73. The van der Waals surface area contributed by atoms with Crippen molar-refractivity contribution in [2.75, 3.05) is 12.0 Å². The second kappa shape index (κ2) is 7.15. The predicted octanol–water partition coefficient (Wildman–Crippen LogP) is 2.36. The molecule has 2 aliphatic heterocycles. The molecule has 1 aromatic carbocycles. The van der Waals surface area contributed by atoms with Gasteiger partial charge in [-0.2, -0.15) is 11.8 Å². The lowest BCUT2D eigenvalue weighted by Gasteiger charge is -2.30. The zero-order valence-corrected chi connectivity index (χ0v) is 16.5. The molecule has 0 aromatic heterocycles. The molecule has 0 bridgehead atoms. The van der Waals surface area contributed by atoms with Crippen LogP contribution in [0.5, 0.6) is 0 Å². The molecule has 2 N–H and O–H groups in total. The zero-order chi connectivity index (χ0) is 19.1. The van der Waals surface area contributed by atoms with Crippen LogP contribution in [0.15, 0.2) is 24.3 Å². The fourth-order valence-corrected chi connectivity index (χ4v) is 5.61. The first-order valence-corrected chi connectivity index (χ1v) is 10.7. The Kier molecular flexibility index (Phi) is 5.25. The smallest absolute Gasteiger partial charge is 0.326 e. The van der Waals surface area contributed by atoms with E-state index in [0.29, 0.717) is 17.7 Å². The highest BCUT2D eigenvalue weighted by molar-refractivity contribution is 8.01. The average molecular weight is 395 g/mol. The van der Waals surface area contributed by atoms with Crippen LogP contribution in [0.25, 0.3) is 0 Å². The van der Waals surface area contributed by atoms with E-state index >= 15 is 0 Å². The van der Waals surface area contributed by atoms with E-state index in [1.54, 1.807) is 22.7 Å². The van der Waals surface area contributed by atoms with E-state index in [2.05, 4.69) is 5.32 Å². The number of carbonyl (C=O) groups is 3. The van der Waals surface area contributed by atoms with Crippen molar-refractivity contribution in [3.63, 3.8) is 0 Å². The number of carbonyl (C=O) groups excluding carboxylic acids is 2. The molecule has 0 unspecified atom stereocenters. The van der Waals surface area contributed by atoms with Crippen molar-refractivity contribution < 1.29 is 19.5 Å². The van der Waals surface area contributed by atoms with Crippen molar-refractivity contribution in [1.82, 2.24) is 10.2 Å². The summed E-state index contributed by atoms with van der Waals surface area (Å²) >= 11 is 3.10. The Morgan fingerprint density at radius 1 is 1.38 bits per heavy atom. The van der Waals surface area contributed by atoms with Crippen molar-refractivity contribution in [2.24, 2.45) is 0 Å². The van der Waals surface area contributed by atoms with Crippen molar-refractivity contribution >= 4 is 41.3 Å². The Balaban J connectivity index is 1.86. The monoisotopic (exact) mass is 394 g/mol. The standard InChI is InChI=1S/C18H22N2O4S2/c1-18(2)13(14(21)19-12(17(23)24)8-9-25-3)20-15(22)10-6-4-5-7-11(10)16(20)26-18/h4-7,12-13,16H,8-9H2,1-3H3,(H,19,21)(H,23,24)/t12-,13-,16+/m1/s1. The number of aliphatic carboxylic acids is 1. The van der Waals surface area contributed by atoms with Gasteiger partial charge in [-0.1, -0.05) is 18.2 Å². The number of nitrogens with zero attached hydrogens (tertiary/aromatic N) is 1.